The molecule has 0 fully saturated rings. The van der Waals surface area contributed by atoms with Gasteiger partial charge >= 0.3 is 0 Å². The zero-order chi connectivity index (χ0) is 11.5. The molecule has 0 bridgehead atoms. The van der Waals surface area contributed by atoms with Crippen LogP contribution in [0, 0.1) is 0 Å². The maximum absolute atomic E-state index is 3.72. The Labute approximate surface area is 91.5 Å². The molecule has 1 aromatic rings. The molecular weight excluding hydrogens is 182 g/mol. The predicted molar refractivity (Wildman–Crippen MR) is 68.1 cm³/mol. The number of hydrogen-bond donors (Lipinski definition) is 1. The molecule has 0 aliphatic rings. The lowest BCUT2D eigenvalue weighted by Gasteiger charge is -2.15. The first kappa shape index (κ1) is 11.6. The molecule has 0 aromatic carbocycles. The number of aromatic amines is 1. The summed E-state index contributed by atoms with van der Waals surface area (Å²) in [6, 6.07) is 2.16. The Morgan fingerprint density at radius 3 is 2.20 bits per heavy atom. The van der Waals surface area contributed by atoms with Crippen LogP contribution in [0.25, 0.3) is 12.2 Å². The van der Waals surface area contributed by atoms with Crippen LogP contribution < -0.4 is 10.6 Å². The van der Waals surface area contributed by atoms with E-state index in [-0.39, 0.29) is 5.41 Å². The molecule has 0 atom stereocenters. The van der Waals surface area contributed by atoms with E-state index in [0.29, 0.717) is 0 Å². The van der Waals surface area contributed by atoms with Crippen LogP contribution in [0.15, 0.2) is 31.4 Å². The highest BCUT2D eigenvalue weighted by atomic mass is 14.7. The van der Waals surface area contributed by atoms with Crippen LogP contribution >= 0.6 is 0 Å². The van der Waals surface area contributed by atoms with Crippen LogP contribution in [0.5, 0.6) is 0 Å². The molecule has 0 radical (unpaired) electrons. The fourth-order valence-corrected chi connectivity index (χ4v) is 1.41. The highest BCUT2D eigenvalue weighted by molar-refractivity contribution is 5.42. The van der Waals surface area contributed by atoms with Crippen molar-refractivity contribution in [3.8, 4) is 0 Å². The van der Waals surface area contributed by atoms with Gasteiger partial charge in [0.05, 0.1) is 0 Å². The van der Waals surface area contributed by atoms with E-state index in [1.54, 1.807) is 12.2 Å². The van der Waals surface area contributed by atoms with Crippen molar-refractivity contribution >= 4 is 12.2 Å². The van der Waals surface area contributed by atoms with Gasteiger partial charge in [0.15, 0.2) is 0 Å². The van der Waals surface area contributed by atoms with Gasteiger partial charge in [-0.25, -0.2) is 0 Å². The third kappa shape index (κ3) is 2.72. The van der Waals surface area contributed by atoms with Crippen LogP contribution in [0.4, 0.5) is 0 Å². The molecule has 0 spiro atoms. The lowest BCUT2D eigenvalue weighted by molar-refractivity contribution is 0.572. The van der Waals surface area contributed by atoms with Crippen molar-refractivity contribution in [3.05, 3.63) is 47.6 Å². The van der Waals surface area contributed by atoms with E-state index in [1.807, 2.05) is 12.2 Å². The quantitative estimate of drug-likeness (QED) is 0.755. The van der Waals surface area contributed by atoms with Crippen molar-refractivity contribution in [1.29, 1.82) is 0 Å². The summed E-state index contributed by atoms with van der Waals surface area (Å²) in [6.45, 7) is 14.0. The summed E-state index contributed by atoms with van der Waals surface area (Å²) in [5.41, 5.74) is 1.36. The Bertz CT molecular complexity index is 429. The van der Waals surface area contributed by atoms with Crippen molar-refractivity contribution in [2.75, 3.05) is 0 Å². The van der Waals surface area contributed by atoms with E-state index in [0.717, 1.165) is 10.6 Å². The van der Waals surface area contributed by atoms with Gasteiger partial charge in [0.25, 0.3) is 0 Å². The normalized spacial score (nSPS) is 14.3. The summed E-state index contributed by atoms with van der Waals surface area (Å²) < 4.78 is 0. The number of hydrogen-bond acceptors (Lipinski definition) is 0. The monoisotopic (exact) mass is 201 g/mol. The summed E-state index contributed by atoms with van der Waals surface area (Å²) in [5, 5.41) is 2.25. The molecule has 1 heterocycles. The Morgan fingerprint density at radius 2 is 1.73 bits per heavy atom. The molecule has 1 aromatic heterocycles. The van der Waals surface area contributed by atoms with Gasteiger partial charge in [-0.15, -0.1) is 0 Å². The number of nitrogens with one attached hydrogen (secondary N) is 1. The molecule has 1 nitrogen and oxygen atoms in total. The molecule has 0 aliphatic heterocycles. The molecule has 0 unspecified atom stereocenters. The summed E-state index contributed by atoms with van der Waals surface area (Å²) in [7, 11) is 0. The van der Waals surface area contributed by atoms with Crippen molar-refractivity contribution in [2.24, 2.45) is 0 Å². The van der Waals surface area contributed by atoms with Crippen molar-refractivity contribution in [1.82, 2.24) is 4.98 Å². The zero-order valence-corrected chi connectivity index (χ0v) is 9.80. The number of aromatic nitrogens is 1. The summed E-state index contributed by atoms with van der Waals surface area (Å²) in [5.74, 6) is 0. The third-order valence-corrected chi connectivity index (χ3v) is 2.27. The van der Waals surface area contributed by atoms with Gasteiger partial charge in [-0.2, -0.15) is 0 Å². The van der Waals surface area contributed by atoms with E-state index >= 15 is 0 Å². The average molecular weight is 201 g/mol. The highest BCUT2D eigenvalue weighted by Gasteiger charge is 2.14. The zero-order valence-electron chi connectivity index (χ0n) is 9.80. The van der Waals surface area contributed by atoms with Crippen LogP contribution in [-0.2, 0) is 5.41 Å². The third-order valence-electron chi connectivity index (χ3n) is 2.27. The highest BCUT2D eigenvalue weighted by Crippen LogP contribution is 2.17. The predicted octanol–water partition coefficient (Wildman–Crippen LogP) is 2.25. The number of allylic oxidation sites excluding steroid dienone is 2. The lowest BCUT2D eigenvalue weighted by atomic mass is 9.92. The van der Waals surface area contributed by atoms with Gasteiger partial charge in [0.2, 0.25) is 0 Å². The molecule has 15 heavy (non-hydrogen) atoms. The first-order valence-corrected chi connectivity index (χ1v) is 5.14. The first-order valence-electron chi connectivity index (χ1n) is 5.14. The Kier molecular flexibility index (Phi) is 3.35. The first-order chi connectivity index (χ1) is 6.99. The summed E-state index contributed by atoms with van der Waals surface area (Å²) in [4.78, 5) is 3.40. The lowest BCUT2D eigenvalue weighted by Crippen LogP contribution is -2.21. The second kappa shape index (κ2) is 4.35. The van der Waals surface area contributed by atoms with Gasteiger partial charge in [0, 0.05) is 16.5 Å². The smallest absolute Gasteiger partial charge is 0.0456 e. The second-order valence-electron chi connectivity index (χ2n) is 4.61. The van der Waals surface area contributed by atoms with Gasteiger partial charge in [-0.1, -0.05) is 52.2 Å². The van der Waals surface area contributed by atoms with E-state index in [2.05, 4.69) is 45.0 Å². The Morgan fingerprint density at radius 1 is 1.13 bits per heavy atom. The van der Waals surface area contributed by atoms with Gasteiger partial charge in [-0.3, -0.25) is 0 Å². The fraction of sp³-hybridized carbons (Fsp3) is 0.286. The number of rotatable bonds is 2. The fourth-order valence-electron chi connectivity index (χ4n) is 1.41. The molecule has 0 saturated carbocycles. The van der Waals surface area contributed by atoms with Crippen molar-refractivity contribution < 1.29 is 0 Å². The van der Waals surface area contributed by atoms with E-state index < -0.39 is 0 Å². The minimum Gasteiger partial charge on any atom is -0.358 e. The Balaban J connectivity index is 3.48. The van der Waals surface area contributed by atoms with Gasteiger partial charge in [0.1, 0.15) is 0 Å². The molecule has 0 amide bonds. The summed E-state index contributed by atoms with van der Waals surface area (Å²) >= 11 is 0. The van der Waals surface area contributed by atoms with Gasteiger partial charge in [-0.05, 0) is 17.4 Å². The topological polar surface area (TPSA) is 15.8 Å². The largest absolute Gasteiger partial charge is 0.358 e. The van der Waals surface area contributed by atoms with Gasteiger partial charge < -0.3 is 4.98 Å². The molecule has 80 valence electrons. The minimum atomic E-state index is 0.136. The maximum Gasteiger partial charge on any atom is 0.0456 e. The van der Waals surface area contributed by atoms with Crippen molar-refractivity contribution in [3.63, 3.8) is 0 Å². The van der Waals surface area contributed by atoms with E-state index in [9.17, 15) is 0 Å². The standard InChI is InChI=1S/C14H19N/c1-6-8-11-10-13(14(3,4)5)15-12(11)9-7-2/h6-10,15H,1-2H2,3-5H3/b11-8-,12-9+. The molecule has 0 aliphatic carbocycles. The van der Waals surface area contributed by atoms with Crippen LogP contribution in [0.1, 0.15) is 26.5 Å². The van der Waals surface area contributed by atoms with Crippen LogP contribution in [-0.4, -0.2) is 4.98 Å². The van der Waals surface area contributed by atoms with Crippen LogP contribution in [0.3, 0.4) is 0 Å². The molecule has 1 rings (SSSR count). The summed E-state index contributed by atoms with van der Waals surface area (Å²) in [6.07, 6.45) is 7.57. The SMILES string of the molecule is C=C/C=c1/cc(C(C)(C)C)[nH]/c1=C/C=C. The second-order valence-corrected chi connectivity index (χ2v) is 4.61. The van der Waals surface area contributed by atoms with E-state index in [4.69, 9.17) is 0 Å². The number of H-pyrrole nitrogens is 1. The average Bonchev–Trinajstić information content (AvgIpc) is 2.50. The molecule has 1 N–H and O–H groups in total. The molecule has 1 heteroatoms. The van der Waals surface area contributed by atoms with Crippen molar-refractivity contribution in [2.45, 2.75) is 26.2 Å². The molecular formula is C14H19N. The molecule has 0 saturated heterocycles. The van der Waals surface area contributed by atoms with E-state index in [1.165, 1.54) is 5.69 Å². The minimum absolute atomic E-state index is 0.136. The Hall–Kier alpha value is -1.50. The maximum atomic E-state index is 3.72. The van der Waals surface area contributed by atoms with Crippen LogP contribution in [0.2, 0.25) is 0 Å².